The van der Waals surface area contributed by atoms with E-state index < -0.39 is 30.2 Å². The molecule has 0 saturated heterocycles. The summed E-state index contributed by atoms with van der Waals surface area (Å²) in [6.07, 6.45) is -2.68. The number of phenols is 1. The average molecular weight is 559 g/mol. The molecular weight excluding hydrogens is 537 g/mol. The first-order valence-corrected chi connectivity index (χ1v) is 10.9. The number of carbonyl (C=O) groups is 3. The van der Waals surface area contributed by atoms with Gasteiger partial charge in [-0.2, -0.15) is 12.6 Å². The van der Waals surface area contributed by atoms with E-state index in [2.05, 4.69) is 40.5 Å². The van der Waals surface area contributed by atoms with Crippen molar-refractivity contribution in [3.63, 3.8) is 0 Å². The SMILES string of the molecule is CO[C@H](CCOC(=O)CS)[C@H](OC(=O)NC(=O)c1ccccc1)c1cc(I)ccc1O. The maximum absolute atomic E-state index is 12.5. The molecule has 0 spiro atoms. The third-order valence-corrected chi connectivity index (χ3v) is 5.15. The summed E-state index contributed by atoms with van der Waals surface area (Å²) in [5.74, 6) is -1.31. The van der Waals surface area contributed by atoms with Gasteiger partial charge < -0.3 is 19.3 Å². The van der Waals surface area contributed by atoms with Crippen molar-refractivity contribution < 1.29 is 33.7 Å². The van der Waals surface area contributed by atoms with Crippen LogP contribution in [0, 0.1) is 3.57 Å². The number of benzene rings is 2. The first kappa shape index (κ1) is 25.0. The summed E-state index contributed by atoms with van der Waals surface area (Å²) in [5, 5.41) is 12.5. The monoisotopic (exact) mass is 559 g/mol. The Labute approximate surface area is 198 Å². The van der Waals surface area contributed by atoms with E-state index in [0.717, 1.165) is 3.57 Å². The van der Waals surface area contributed by atoms with Gasteiger partial charge in [-0.1, -0.05) is 18.2 Å². The summed E-state index contributed by atoms with van der Waals surface area (Å²) in [7, 11) is 1.40. The fourth-order valence-corrected chi connectivity index (χ4v) is 3.33. The maximum Gasteiger partial charge on any atom is 0.414 e. The van der Waals surface area contributed by atoms with E-state index in [9.17, 15) is 19.5 Å². The van der Waals surface area contributed by atoms with Crippen molar-refractivity contribution in [1.82, 2.24) is 5.32 Å². The third kappa shape index (κ3) is 7.71. The lowest BCUT2D eigenvalue weighted by molar-refractivity contribution is -0.141. The Morgan fingerprint density at radius 2 is 1.87 bits per heavy atom. The standard InChI is InChI=1S/C21H22INO7S/c1-28-17(9-10-29-18(25)12-31)19(15-11-14(22)7-8-16(15)24)30-21(27)23-20(26)13-5-3-2-4-6-13/h2-8,11,17,19,24,31H,9-10,12H2,1H3,(H,23,26,27)/t17-,19-/m1/s1. The Bertz CT molecular complexity index is 910. The van der Waals surface area contributed by atoms with Crippen LogP contribution in [0.3, 0.4) is 0 Å². The van der Waals surface area contributed by atoms with E-state index in [0.29, 0.717) is 5.56 Å². The Hall–Kier alpha value is -2.31. The number of esters is 1. The summed E-state index contributed by atoms with van der Waals surface area (Å²) < 4.78 is 16.7. The lowest BCUT2D eigenvalue weighted by atomic mass is 10.0. The Morgan fingerprint density at radius 3 is 2.52 bits per heavy atom. The minimum atomic E-state index is -1.07. The number of thiol groups is 1. The quantitative estimate of drug-likeness (QED) is 0.245. The van der Waals surface area contributed by atoms with Crippen LogP contribution in [0.15, 0.2) is 48.5 Å². The lowest BCUT2D eigenvalue weighted by Crippen LogP contribution is -2.35. The molecule has 0 aliphatic carbocycles. The van der Waals surface area contributed by atoms with Crippen LogP contribution >= 0.6 is 35.2 Å². The number of alkyl carbamates (subject to hydrolysis) is 1. The Morgan fingerprint density at radius 1 is 1.16 bits per heavy atom. The largest absolute Gasteiger partial charge is 0.508 e. The Kier molecular flexibility index (Phi) is 10.1. The number of rotatable bonds is 9. The first-order chi connectivity index (χ1) is 14.8. The topological polar surface area (TPSA) is 111 Å². The molecule has 2 aromatic carbocycles. The van der Waals surface area contributed by atoms with Crippen LogP contribution in [-0.2, 0) is 19.0 Å². The maximum atomic E-state index is 12.5. The molecule has 31 heavy (non-hydrogen) atoms. The van der Waals surface area contributed by atoms with E-state index in [1.807, 2.05) is 0 Å². The van der Waals surface area contributed by atoms with E-state index >= 15 is 0 Å². The smallest absolute Gasteiger partial charge is 0.414 e. The number of hydrogen-bond acceptors (Lipinski definition) is 8. The number of halogens is 1. The number of nitrogens with one attached hydrogen (secondary N) is 1. The van der Waals surface area contributed by atoms with E-state index in [-0.39, 0.29) is 30.1 Å². The summed E-state index contributed by atoms with van der Waals surface area (Å²) in [4.78, 5) is 36.1. The number of methoxy groups -OCH3 is 1. The van der Waals surface area contributed by atoms with Crippen molar-refractivity contribution in [3.05, 3.63) is 63.2 Å². The van der Waals surface area contributed by atoms with Crippen LogP contribution in [0.25, 0.3) is 0 Å². The molecular formula is C21H22INO7S. The highest BCUT2D eigenvalue weighted by Gasteiger charge is 2.30. The molecule has 0 unspecified atom stereocenters. The van der Waals surface area contributed by atoms with Gasteiger partial charge in [0.25, 0.3) is 5.91 Å². The van der Waals surface area contributed by atoms with E-state index in [1.165, 1.54) is 13.2 Å². The van der Waals surface area contributed by atoms with Gasteiger partial charge in [0.1, 0.15) is 11.9 Å². The number of ether oxygens (including phenoxy) is 3. The molecule has 2 amide bonds. The number of hydrogen-bond donors (Lipinski definition) is 3. The van der Waals surface area contributed by atoms with Crippen LogP contribution in [0.1, 0.15) is 28.4 Å². The fourth-order valence-electron chi connectivity index (χ4n) is 2.72. The average Bonchev–Trinajstić information content (AvgIpc) is 2.77. The number of imide groups is 1. The summed E-state index contributed by atoms with van der Waals surface area (Å²) in [6.45, 7) is -0.00693. The summed E-state index contributed by atoms with van der Waals surface area (Å²) in [6, 6.07) is 13.0. The van der Waals surface area contributed by atoms with Crippen LogP contribution in [0.5, 0.6) is 5.75 Å². The molecule has 0 radical (unpaired) electrons. The van der Waals surface area contributed by atoms with Gasteiger partial charge in [-0.15, -0.1) is 0 Å². The van der Waals surface area contributed by atoms with E-state index in [1.54, 1.807) is 42.5 Å². The highest BCUT2D eigenvalue weighted by atomic mass is 127. The highest BCUT2D eigenvalue weighted by Crippen LogP contribution is 2.33. The molecule has 0 fully saturated rings. The molecule has 2 N–H and O–H groups in total. The van der Waals surface area contributed by atoms with Crippen LogP contribution in [-0.4, -0.2) is 48.6 Å². The molecule has 0 aliphatic rings. The summed E-state index contributed by atoms with van der Waals surface area (Å²) in [5.41, 5.74) is 0.580. The Balaban J connectivity index is 2.20. The lowest BCUT2D eigenvalue weighted by Gasteiger charge is -2.27. The van der Waals surface area contributed by atoms with Crippen molar-refractivity contribution >= 4 is 53.2 Å². The predicted octanol–water partition coefficient (Wildman–Crippen LogP) is 3.48. The minimum absolute atomic E-state index is 0.00693. The molecule has 2 aromatic rings. The van der Waals surface area contributed by atoms with Crippen molar-refractivity contribution in [3.8, 4) is 5.75 Å². The number of aromatic hydroxyl groups is 1. The third-order valence-electron chi connectivity index (χ3n) is 4.22. The zero-order chi connectivity index (χ0) is 22.8. The highest BCUT2D eigenvalue weighted by molar-refractivity contribution is 14.1. The fraction of sp³-hybridized carbons (Fsp3) is 0.286. The molecule has 166 valence electrons. The molecule has 8 nitrogen and oxygen atoms in total. The zero-order valence-corrected chi connectivity index (χ0v) is 19.7. The van der Waals surface area contributed by atoms with Crippen molar-refractivity contribution in [2.45, 2.75) is 18.6 Å². The predicted molar refractivity (Wildman–Crippen MR) is 124 cm³/mol. The van der Waals surface area contributed by atoms with Gasteiger partial charge in [0.05, 0.1) is 12.4 Å². The van der Waals surface area contributed by atoms with Crippen LogP contribution < -0.4 is 5.32 Å². The molecule has 10 heteroatoms. The first-order valence-electron chi connectivity index (χ1n) is 9.20. The molecule has 2 rings (SSSR count). The van der Waals surface area contributed by atoms with Crippen LogP contribution in [0.4, 0.5) is 4.79 Å². The van der Waals surface area contributed by atoms with Crippen molar-refractivity contribution in [2.24, 2.45) is 0 Å². The number of phenolic OH excluding ortho intramolecular Hbond substituents is 1. The molecule has 0 heterocycles. The van der Waals surface area contributed by atoms with Gasteiger partial charge in [-0.25, -0.2) is 4.79 Å². The second kappa shape index (κ2) is 12.5. The van der Waals surface area contributed by atoms with Crippen LogP contribution in [0.2, 0.25) is 0 Å². The van der Waals surface area contributed by atoms with E-state index in [4.69, 9.17) is 14.2 Å². The number of carbonyl (C=O) groups excluding carboxylic acids is 3. The molecule has 0 bridgehead atoms. The zero-order valence-electron chi connectivity index (χ0n) is 16.6. The molecule has 0 aliphatic heterocycles. The molecule has 0 saturated carbocycles. The normalized spacial score (nSPS) is 12.5. The van der Waals surface area contributed by atoms with Gasteiger partial charge in [0, 0.05) is 28.2 Å². The number of amides is 2. The van der Waals surface area contributed by atoms with Gasteiger partial charge in [-0.05, 0) is 52.9 Å². The second-order valence-electron chi connectivity index (χ2n) is 6.29. The minimum Gasteiger partial charge on any atom is -0.508 e. The second-order valence-corrected chi connectivity index (χ2v) is 7.85. The van der Waals surface area contributed by atoms with Crippen molar-refractivity contribution in [2.75, 3.05) is 19.5 Å². The van der Waals surface area contributed by atoms with Crippen molar-refractivity contribution in [1.29, 1.82) is 0 Å². The molecule has 2 atom stereocenters. The molecule has 0 aromatic heterocycles. The van der Waals surface area contributed by atoms with Gasteiger partial charge >= 0.3 is 12.1 Å². The summed E-state index contributed by atoms with van der Waals surface area (Å²) >= 11 is 5.90. The van der Waals surface area contributed by atoms with Gasteiger partial charge in [-0.3, -0.25) is 14.9 Å². The van der Waals surface area contributed by atoms with Gasteiger partial charge in [0.2, 0.25) is 0 Å². The van der Waals surface area contributed by atoms with Gasteiger partial charge in [0.15, 0.2) is 6.10 Å².